The second-order valence-electron chi connectivity index (χ2n) is 3.32. The summed E-state index contributed by atoms with van der Waals surface area (Å²) in [6, 6.07) is 0. The van der Waals surface area contributed by atoms with Crippen LogP contribution in [-0.4, -0.2) is 23.3 Å². The maximum absolute atomic E-state index is 10.3. The molecule has 0 spiro atoms. The van der Waals surface area contributed by atoms with Crippen molar-refractivity contribution in [1.82, 2.24) is 0 Å². The van der Waals surface area contributed by atoms with E-state index in [9.17, 15) is 4.79 Å². The largest absolute Gasteiger partial charge is 0.481 e. The molecule has 1 N–H and O–H groups in total. The van der Waals surface area contributed by atoms with E-state index < -0.39 is 5.97 Å². The molecular weight excluding hydrogens is 180 g/mol. The Bertz CT molecular complexity index is 205. The van der Waals surface area contributed by atoms with Gasteiger partial charge in [0.2, 0.25) is 0 Å². The summed E-state index contributed by atoms with van der Waals surface area (Å²) in [5, 5.41) is 8.47. The van der Waals surface area contributed by atoms with E-state index in [1.165, 1.54) is 0 Å². The van der Waals surface area contributed by atoms with Crippen LogP contribution in [0.4, 0.5) is 0 Å². The molecule has 3 nitrogen and oxygen atoms in total. The summed E-state index contributed by atoms with van der Waals surface area (Å²) in [6.07, 6.45) is 7.41. The van der Waals surface area contributed by atoms with Crippen molar-refractivity contribution in [2.24, 2.45) is 0 Å². The van der Waals surface area contributed by atoms with Crippen LogP contribution in [0.25, 0.3) is 0 Å². The van der Waals surface area contributed by atoms with Crippen molar-refractivity contribution in [2.45, 2.75) is 51.7 Å². The molecule has 0 amide bonds. The Balaban J connectivity index is 3.79. The first-order valence-corrected chi connectivity index (χ1v) is 4.93. The highest BCUT2D eigenvalue weighted by molar-refractivity contribution is 5.66. The Kier molecular flexibility index (Phi) is 6.87. The predicted molar refractivity (Wildman–Crippen MR) is 54.9 cm³/mol. The molecule has 0 aliphatic rings. The van der Waals surface area contributed by atoms with Crippen LogP contribution in [0.5, 0.6) is 0 Å². The quantitative estimate of drug-likeness (QED) is 0.637. The van der Waals surface area contributed by atoms with E-state index in [4.69, 9.17) is 16.3 Å². The van der Waals surface area contributed by atoms with E-state index in [0.717, 1.165) is 12.8 Å². The van der Waals surface area contributed by atoms with Gasteiger partial charge in [0.25, 0.3) is 0 Å². The second kappa shape index (κ2) is 7.40. The van der Waals surface area contributed by atoms with Crippen molar-refractivity contribution in [2.75, 3.05) is 0 Å². The molecule has 0 aliphatic heterocycles. The van der Waals surface area contributed by atoms with Crippen LogP contribution in [0.3, 0.4) is 0 Å². The summed E-state index contributed by atoms with van der Waals surface area (Å²) in [5.41, 5.74) is 0. The van der Waals surface area contributed by atoms with Crippen LogP contribution in [-0.2, 0) is 9.53 Å². The normalized spacial score (nSPS) is 14.4. The van der Waals surface area contributed by atoms with E-state index >= 15 is 0 Å². The third-order valence-corrected chi connectivity index (χ3v) is 1.90. The van der Waals surface area contributed by atoms with Crippen molar-refractivity contribution < 1.29 is 14.6 Å². The monoisotopic (exact) mass is 198 g/mol. The van der Waals surface area contributed by atoms with Gasteiger partial charge in [0.15, 0.2) is 0 Å². The summed E-state index contributed by atoms with van der Waals surface area (Å²) in [4.78, 5) is 10.3. The highest BCUT2D eigenvalue weighted by Gasteiger charge is 2.11. The molecule has 2 atom stereocenters. The Labute approximate surface area is 85.5 Å². The van der Waals surface area contributed by atoms with Crippen LogP contribution in [0.1, 0.15) is 39.5 Å². The molecular formula is C11H18O3. The standard InChI is InChI=1S/C11H18O3/c1-4-6-9(3)14-10(5-2)7-8-11(12)13/h2,9-10H,4,6-8H2,1,3H3,(H,12,13). The maximum Gasteiger partial charge on any atom is 0.303 e. The number of hydrogen-bond donors (Lipinski definition) is 1. The predicted octanol–water partition coefficient (Wildman–Crippen LogP) is 2.06. The van der Waals surface area contributed by atoms with E-state index in [2.05, 4.69) is 12.8 Å². The fraction of sp³-hybridized carbons (Fsp3) is 0.727. The van der Waals surface area contributed by atoms with Gasteiger partial charge >= 0.3 is 5.97 Å². The van der Waals surface area contributed by atoms with Crippen LogP contribution in [0, 0.1) is 12.3 Å². The summed E-state index contributed by atoms with van der Waals surface area (Å²) in [6.45, 7) is 4.02. The van der Waals surface area contributed by atoms with Gasteiger partial charge in [-0.25, -0.2) is 0 Å². The van der Waals surface area contributed by atoms with Gasteiger partial charge < -0.3 is 9.84 Å². The zero-order valence-electron chi connectivity index (χ0n) is 8.82. The van der Waals surface area contributed by atoms with Crippen molar-refractivity contribution in [1.29, 1.82) is 0 Å². The molecule has 0 aliphatic carbocycles. The second-order valence-corrected chi connectivity index (χ2v) is 3.32. The lowest BCUT2D eigenvalue weighted by molar-refractivity contribution is -0.137. The fourth-order valence-corrected chi connectivity index (χ4v) is 1.20. The minimum atomic E-state index is -0.836. The van der Waals surface area contributed by atoms with Crippen molar-refractivity contribution >= 4 is 5.97 Å². The number of rotatable bonds is 7. The molecule has 2 unspecified atom stereocenters. The molecule has 0 bridgehead atoms. The van der Waals surface area contributed by atoms with Gasteiger partial charge in [0.1, 0.15) is 6.10 Å². The maximum atomic E-state index is 10.3. The van der Waals surface area contributed by atoms with Gasteiger partial charge in [0.05, 0.1) is 6.10 Å². The molecule has 80 valence electrons. The smallest absolute Gasteiger partial charge is 0.303 e. The minimum Gasteiger partial charge on any atom is -0.481 e. The lowest BCUT2D eigenvalue weighted by Crippen LogP contribution is -2.19. The number of hydrogen-bond acceptors (Lipinski definition) is 2. The van der Waals surface area contributed by atoms with Crippen LogP contribution < -0.4 is 0 Å². The first kappa shape index (κ1) is 13.0. The molecule has 0 aromatic rings. The third kappa shape index (κ3) is 6.50. The zero-order chi connectivity index (χ0) is 11.0. The number of carbonyl (C=O) groups is 1. The Morgan fingerprint density at radius 1 is 1.57 bits per heavy atom. The van der Waals surface area contributed by atoms with E-state index in [-0.39, 0.29) is 18.6 Å². The van der Waals surface area contributed by atoms with E-state index in [1.54, 1.807) is 0 Å². The van der Waals surface area contributed by atoms with Gasteiger partial charge in [-0.1, -0.05) is 19.3 Å². The summed E-state index contributed by atoms with van der Waals surface area (Å²) in [7, 11) is 0. The number of aliphatic carboxylic acids is 1. The topological polar surface area (TPSA) is 46.5 Å². The number of carboxylic acid groups (broad SMARTS) is 1. The molecule has 0 fully saturated rings. The van der Waals surface area contributed by atoms with Gasteiger partial charge in [0, 0.05) is 6.42 Å². The molecule has 0 radical (unpaired) electrons. The summed E-state index contributed by atoms with van der Waals surface area (Å²) in [5.74, 6) is 1.63. The first-order chi connectivity index (χ1) is 6.60. The zero-order valence-corrected chi connectivity index (χ0v) is 8.82. The average Bonchev–Trinajstić information content (AvgIpc) is 2.12. The van der Waals surface area contributed by atoms with E-state index in [0.29, 0.717) is 6.42 Å². The first-order valence-electron chi connectivity index (χ1n) is 4.93. The van der Waals surface area contributed by atoms with Gasteiger partial charge in [-0.3, -0.25) is 4.79 Å². The highest BCUT2D eigenvalue weighted by atomic mass is 16.5. The molecule has 0 rings (SSSR count). The molecule has 0 saturated heterocycles. The van der Waals surface area contributed by atoms with Crippen molar-refractivity contribution in [3.05, 3.63) is 0 Å². The Hall–Kier alpha value is -1.01. The minimum absolute atomic E-state index is 0.0632. The molecule has 0 saturated carbocycles. The van der Waals surface area contributed by atoms with Crippen LogP contribution >= 0.6 is 0 Å². The SMILES string of the molecule is C#CC(CCC(=O)O)OC(C)CCC. The van der Waals surface area contributed by atoms with E-state index in [1.807, 2.05) is 6.92 Å². The number of terminal acetylenes is 1. The molecule has 3 heteroatoms. The summed E-state index contributed by atoms with van der Waals surface area (Å²) >= 11 is 0. The fourth-order valence-electron chi connectivity index (χ4n) is 1.20. The van der Waals surface area contributed by atoms with Crippen LogP contribution in [0.2, 0.25) is 0 Å². The number of carboxylic acids is 1. The van der Waals surface area contributed by atoms with Gasteiger partial charge in [-0.15, -0.1) is 6.42 Å². The van der Waals surface area contributed by atoms with Gasteiger partial charge in [-0.05, 0) is 19.8 Å². The molecule has 0 aromatic heterocycles. The summed E-state index contributed by atoms with van der Waals surface area (Å²) < 4.78 is 5.49. The molecule has 0 aromatic carbocycles. The number of ether oxygens (including phenoxy) is 1. The van der Waals surface area contributed by atoms with Crippen molar-refractivity contribution in [3.8, 4) is 12.3 Å². The van der Waals surface area contributed by atoms with Crippen molar-refractivity contribution in [3.63, 3.8) is 0 Å². The third-order valence-electron chi connectivity index (χ3n) is 1.90. The molecule has 0 heterocycles. The lowest BCUT2D eigenvalue weighted by Gasteiger charge is -2.17. The lowest BCUT2D eigenvalue weighted by atomic mass is 10.2. The average molecular weight is 198 g/mol. The molecule has 14 heavy (non-hydrogen) atoms. The Morgan fingerprint density at radius 2 is 2.21 bits per heavy atom. The van der Waals surface area contributed by atoms with Crippen LogP contribution in [0.15, 0.2) is 0 Å². The van der Waals surface area contributed by atoms with Gasteiger partial charge in [-0.2, -0.15) is 0 Å². The highest BCUT2D eigenvalue weighted by Crippen LogP contribution is 2.08. The Morgan fingerprint density at radius 3 is 2.64 bits per heavy atom.